The Morgan fingerprint density at radius 3 is 2.29 bits per heavy atom. The van der Waals surface area contributed by atoms with Crippen LogP contribution in [0.1, 0.15) is 27.7 Å². The highest BCUT2D eigenvalue weighted by Gasteiger charge is 2.25. The fraction of sp³-hybridized carbons (Fsp3) is 0.778. The van der Waals surface area contributed by atoms with Crippen LogP contribution in [-0.2, 0) is 9.59 Å². The molecule has 0 saturated carbocycles. The number of rotatable bonds is 4. The summed E-state index contributed by atoms with van der Waals surface area (Å²) in [5.74, 6) is -0.568. The van der Waals surface area contributed by atoms with Gasteiger partial charge in [0.05, 0.1) is 18.2 Å². The van der Waals surface area contributed by atoms with Gasteiger partial charge in [-0.2, -0.15) is 0 Å². The molecule has 0 bridgehead atoms. The largest absolute Gasteiger partial charge is 0.391 e. The van der Waals surface area contributed by atoms with E-state index in [0.717, 1.165) is 0 Å². The van der Waals surface area contributed by atoms with Gasteiger partial charge in [0.2, 0.25) is 11.8 Å². The Kier molecular flexibility index (Phi) is 4.56. The number of nitrogens with one attached hydrogen (secondary N) is 2. The highest BCUT2D eigenvalue weighted by Crippen LogP contribution is 2.07. The minimum atomic E-state index is -0.685. The SMILES string of the molecule is CC(=O)NCC(=O)NC(C)(C)C(C)O. The maximum Gasteiger partial charge on any atom is 0.239 e. The zero-order valence-corrected chi connectivity index (χ0v) is 9.05. The first-order chi connectivity index (χ1) is 6.25. The lowest BCUT2D eigenvalue weighted by atomic mass is 9.99. The van der Waals surface area contributed by atoms with Gasteiger partial charge in [0.1, 0.15) is 0 Å². The van der Waals surface area contributed by atoms with Crippen molar-refractivity contribution in [1.82, 2.24) is 10.6 Å². The topological polar surface area (TPSA) is 78.4 Å². The van der Waals surface area contributed by atoms with E-state index in [-0.39, 0.29) is 18.4 Å². The van der Waals surface area contributed by atoms with Crippen LogP contribution in [0.25, 0.3) is 0 Å². The molecule has 0 spiro atoms. The molecule has 0 radical (unpaired) electrons. The van der Waals surface area contributed by atoms with E-state index in [0.29, 0.717) is 0 Å². The zero-order chi connectivity index (χ0) is 11.4. The number of hydrogen-bond donors (Lipinski definition) is 3. The Labute approximate surface area is 83.9 Å². The molecule has 1 atom stereocenters. The van der Waals surface area contributed by atoms with Crippen molar-refractivity contribution in [2.75, 3.05) is 6.54 Å². The molecule has 0 aliphatic rings. The average Bonchev–Trinajstić information content (AvgIpc) is 1.99. The lowest BCUT2D eigenvalue weighted by molar-refractivity contribution is -0.126. The van der Waals surface area contributed by atoms with Crippen LogP contribution in [0.15, 0.2) is 0 Å². The lowest BCUT2D eigenvalue weighted by Crippen LogP contribution is -2.53. The second kappa shape index (κ2) is 4.95. The highest BCUT2D eigenvalue weighted by molar-refractivity contribution is 5.84. The predicted octanol–water partition coefficient (Wildman–Crippen LogP) is -0.602. The van der Waals surface area contributed by atoms with E-state index >= 15 is 0 Å². The van der Waals surface area contributed by atoms with Gasteiger partial charge in [-0.15, -0.1) is 0 Å². The van der Waals surface area contributed by atoms with Crippen molar-refractivity contribution in [2.45, 2.75) is 39.3 Å². The summed E-state index contributed by atoms with van der Waals surface area (Å²) in [5.41, 5.74) is -0.685. The van der Waals surface area contributed by atoms with Crippen LogP contribution >= 0.6 is 0 Å². The number of carbonyl (C=O) groups excluding carboxylic acids is 2. The molecule has 0 aromatic rings. The molecule has 1 unspecified atom stereocenters. The van der Waals surface area contributed by atoms with E-state index in [1.807, 2.05) is 0 Å². The summed E-state index contributed by atoms with van der Waals surface area (Å²) >= 11 is 0. The molecule has 0 aliphatic heterocycles. The molecular formula is C9H18N2O3. The molecule has 0 heterocycles. The number of hydrogen-bond acceptors (Lipinski definition) is 3. The van der Waals surface area contributed by atoms with E-state index in [9.17, 15) is 14.7 Å². The Bertz CT molecular complexity index is 224. The van der Waals surface area contributed by atoms with E-state index in [4.69, 9.17) is 0 Å². The summed E-state index contributed by atoms with van der Waals surface area (Å²) in [5, 5.41) is 14.3. The van der Waals surface area contributed by atoms with Crippen LogP contribution in [-0.4, -0.2) is 35.1 Å². The summed E-state index contributed by atoms with van der Waals surface area (Å²) in [6.07, 6.45) is -0.649. The van der Waals surface area contributed by atoms with Crippen molar-refractivity contribution in [1.29, 1.82) is 0 Å². The van der Waals surface area contributed by atoms with Gasteiger partial charge in [0, 0.05) is 6.92 Å². The van der Waals surface area contributed by atoms with Crippen LogP contribution in [0, 0.1) is 0 Å². The Balaban J connectivity index is 4.00. The molecule has 82 valence electrons. The maximum absolute atomic E-state index is 11.2. The minimum Gasteiger partial charge on any atom is -0.391 e. The summed E-state index contributed by atoms with van der Waals surface area (Å²) in [6, 6.07) is 0. The molecule has 0 saturated heterocycles. The Morgan fingerprint density at radius 2 is 1.93 bits per heavy atom. The predicted molar refractivity (Wildman–Crippen MR) is 52.6 cm³/mol. The van der Waals surface area contributed by atoms with Gasteiger partial charge < -0.3 is 15.7 Å². The van der Waals surface area contributed by atoms with Crippen LogP contribution in [0.5, 0.6) is 0 Å². The molecule has 0 aromatic heterocycles. The molecule has 2 amide bonds. The summed E-state index contributed by atoms with van der Waals surface area (Å²) < 4.78 is 0. The zero-order valence-electron chi connectivity index (χ0n) is 9.05. The monoisotopic (exact) mass is 202 g/mol. The van der Waals surface area contributed by atoms with E-state index in [1.165, 1.54) is 6.92 Å². The molecule has 14 heavy (non-hydrogen) atoms. The lowest BCUT2D eigenvalue weighted by Gasteiger charge is -2.29. The van der Waals surface area contributed by atoms with E-state index in [2.05, 4.69) is 10.6 Å². The Morgan fingerprint density at radius 1 is 1.43 bits per heavy atom. The molecule has 0 aromatic carbocycles. The van der Waals surface area contributed by atoms with Crippen molar-refractivity contribution >= 4 is 11.8 Å². The molecule has 0 aliphatic carbocycles. The summed E-state index contributed by atoms with van der Waals surface area (Å²) in [6.45, 7) is 6.30. The first-order valence-electron chi connectivity index (χ1n) is 4.49. The molecule has 0 rings (SSSR count). The average molecular weight is 202 g/mol. The highest BCUT2D eigenvalue weighted by atomic mass is 16.3. The molecule has 0 fully saturated rings. The van der Waals surface area contributed by atoms with Crippen LogP contribution in [0.4, 0.5) is 0 Å². The third kappa shape index (κ3) is 4.81. The van der Waals surface area contributed by atoms with Crippen molar-refractivity contribution in [3.05, 3.63) is 0 Å². The first-order valence-corrected chi connectivity index (χ1v) is 4.49. The van der Waals surface area contributed by atoms with Gasteiger partial charge in [-0.05, 0) is 20.8 Å². The maximum atomic E-state index is 11.2. The standard InChI is InChI=1S/C9H18N2O3/c1-6(12)9(3,4)11-8(14)5-10-7(2)13/h6,12H,5H2,1-4H3,(H,10,13)(H,11,14). The number of aliphatic hydroxyl groups is 1. The van der Waals surface area contributed by atoms with E-state index < -0.39 is 11.6 Å². The van der Waals surface area contributed by atoms with Gasteiger partial charge in [-0.3, -0.25) is 9.59 Å². The van der Waals surface area contributed by atoms with Gasteiger partial charge in [0.15, 0.2) is 0 Å². The van der Waals surface area contributed by atoms with Gasteiger partial charge >= 0.3 is 0 Å². The minimum absolute atomic E-state index is 0.0640. The van der Waals surface area contributed by atoms with Gasteiger partial charge in [0.25, 0.3) is 0 Å². The summed E-state index contributed by atoms with van der Waals surface area (Å²) in [7, 11) is 0. The second-order valence-corrected chi connectivity index (χ2v) is 3.86. The van der Waals surface area contributed by atoms with Crippen LogP contribution < -0.4 is 10.6 Å². The van der Waals surface area contributed by atoms with Gasteiger partial charge in [-0.25, -0.2) is 0 Å². The third-order valence-corrected chi connectivity index (χ3v) is 2.00. The van der Waals surface area contributed by atoms with Crippen molar-refractivity contribution in [3.8, 4) is 0 Å². The molecule has 5 heteroatoms. The Hall–Kier alpha value is -1.10. The fourth-order valence-corrected chi connectivity index (χ4v) is 0.713. The number of carbonyl (C=O) groups is 2. The van der Waals surface area contributed by atoms with Crippen molar-refractivity contribution < 1.29 is 14.7 Å². The second-order valence-electron chi connectivity index (χ2n) is 3.86. The number of aliphatic hydroxyl groups excluding tert-OH is 1. The van der Waals surface area contributed by atoms with Crippen LogP contribution in [0.3, 0.4) is 0 Å². The van der Waals surface area contributed by atoms with Crippen molar-refractivity contribution in [2.24, 2.45) is 0 Å². The first kappa shape index (κ1) is 12.9. The van der Waals surface area contributed by atoms with E-state index in [1.54, 1.807) is 20.8 Å². The summed E-state index contributed by atoms with van der Waals surface area (Å²) in [4.78, 5) is 21.7. The normalized spacial score (nSPS) is 13.2. The quantitative estimate of drug-likeness (QED) is 0.569. The smallest absolute Gasteiger partial charge is 0.239 e. The van der Waals surface area contributed by atoms with Crippen molar-refractivity contribution in [3.63, 3.8) is 0 Å². The number of amides is 2. The van der Waals surface area contributed by atoms with Crippen LogP contribution in [0.2, 0.25) is 0 Å². The van der Waals surface area contributed by atoms with Gasteiger partial charge in [-0.1, -0.05) is 0 Å². The molecule has 3 N–H and O–H groups in total. The third-order valence-electron chi connectivity index (χ3n) is 2.00. The fourth-order valence-electron chi connectivity index (χ4n) is 0.713. The molecular weight excluding hydrogens is 184 g/mol. The molecule has 5 nitrogen and oxygen atoms in total.